The number of para-hydroxylation sites is 1. The molecule has 0 aliphatic carbocycles. The third-order valence-corrected chi connectivity index (χ3v) is 7.03. The van der Waals surface area contributed by atoms with Crippen molar-refractivity contribution in [2.24, 2.45) is 0 Å². The Labute approximate surface area is 194 Å². The molecular formula is C23H17Cl2FN2O3S. The minimum atomic E-state index is -3.73. The SMILES string of the molecule is O=C(Cn1cc(S(=O)(=O)Cc2cccc(Cl)c2)c2ccccc21)Nc1ccc(Cl)cc1F. The highest BCUT2D eigenvalue weighted by atomic mass is 35.5. The van der Waals surface area contributed by atoms with Gasteiger partial charge in [-0.05, 0) is 42.0 Å². The van der Waals surface area contributed by atoms with E-state index in [1.165, 1.54) is 22.9 Å². The van der Waals surface area contributed by atoms with Crippen LogP contribution in [-0.4, -0.2) is 18.9 Å². The Kier molecular flexibility index (Phi) is 6.24. The highest BCUT2D eigenvalue weighted by molar-refractivity contribution is 7.90. The number of hydrogen-bond donors (Lipinski definition) is 1. The normalized spacial score (nSPS) is 11.6. The number of hydrogen-bond acceptors (Lipinski definition) is 3. The molecule has 0 saturated heterocycles. The van der Waals surface area contributed by atoms with E-state index in [-0.39, 0.29) is 27.9 Å². The molecule has 0 fully saturated rings. The molecule has 5 nitrogen and oxygen atoms in total. The quantitative estimate of drug-likeness (QED) is 0.376. The summed E-state index contributed by atoms with van der Waals surface area (Å²) in [5, 5.41) is 3.65. The summed E-state index contributed by atoms with van der Waals surface area (Å²) in [7, 11) is -3.73. The summed E-state index contributed by atoms with van der Waals surface area (Å²) in [6.07, 6.45) is 1.43. The van der Waals surface area contributed by atoms with Crippen LogP contribution >= 0.6 is 23.2 Å². The molecule has 3 aromatic carbocycles. The number of aromatic nitrogens is 1. The molecule has 1 N–H and O–H groups in total. The molecule has 9 heteroatoms. The number of nitrogens with zero attached hydrogens (tertiary/aromatic N) is 1. The molecule has 0 aliphatic rings. The second-order valence-corrected chi connectivity index (χ2v) is 10.0. The van der Waals surface area contributed by atoms with Crippen molar-refractivity contribution in [2.45, 2.75) is 17.2 Å². The first-order valence-corrected chi connectivity index (χ1v) is 11.9. The van der Waals surface area contributed by atoms with Crippen LogP contribution in [-0.2, 0) is 26.9 Å². The first kappa shape index (κ1) is 22.3. The lowest BCUT2D eigenvalue weighted by Crippen LogP contribution is -2.19. The molecule has 0 radical (unpaired) electrons. The average Bonchev–Trinajstić information content (AvgIpc) is 3.09. The van der Waals surface area contributed by atoms with Gasteiger partial charge in [-0.3, -0.25) is 4.79 Å². The second kappa shape index (κ2) is 8.94. The standard InChI is InChI=1S/C23H17Cl2FN2O3S/c24-16-5-3-4-15(10-16)14-32(30,31)22-12-28(21-7-2-1-6-18(21)22)13-23(29)27-20-9-8-17(25)11-19(20)26/h1-12H,13-14H2,(H,27,29). The van der Waals surface area contributed by atoms with Crippen LogP contribution in [0.4, 0.5) is 10.1 Å². The maximum Gasteiger partial charge on any atom is 0.244 e. The van der Waals surface area contributed by atoms with E-state index in [1.807, 2.05) is 0 Å². The molecule has 1 heterocycles. The molecule has 4 aromatic rings. The first-order valence-electron chi connectivity index (χ1n) is 9.53. The number of rotatable bonds is 6. The average molecular weight is 491 g/mol. The number of carbonyl (C=O) groups excluding carboxylic acids is 1. The molecule has 0 aliphatic heterocycles. The fourth-order valence-electron chi connectivity index (χ4n) is 3.45. The monoisotopic (exact) mass is 490 g/mol. The lowest BCUT2D eigenvalue weighted by Gasteiger charge is -2.08. The van der Waals surface area contributed by atoms with Gasteiger partial charge in [0.15, 0.2) is 9.84 Å². The third-order valence-electron chi connectivity index (χ3n) is 4.85. The Morgan fingerprint density at radius 2 is 1.72 bits per heavy atom. The van der Waals surface area contributed by atoms with Crippen LogP contribution in [0.2, 0.25) is 10.0 Å². The van der Waals surface area contributed by atoms with Gasteiger partial charge in [0, 0.05) is 27.1 Å². The van der Waals surface area contributed by atoms with Gasteiger partial charge in [-0.15, -0.1) is 0 Å². The maximum absolute atomic E-state index is 14.0. The summed E-state index contributed by atoms with van der Waals surface area (Å²) in [6, 6.07) is 17.5. The van der Waals surface area contributed by atoms with Gasteiger partial charge in [-0.25, -0.2) is 12.8 Å². The van der Waals surface area contributed by atoms with Crippen molar-refractivity contribution in [3.8, 4) is 0 Å². The molecule has 4 rings (SSSR count). The smallest absolute Gasteiger partial charge is 0.244 e. The zero-order chi connectivity index (χ0) is 22.9. The van der Waals surface area contributed by atoms with Crippen LogP contribution in [0.3, 0.4) is 0 Å². The second-order valence-electron chi connectivity index (χ2n) is 7.20. The summed E-state index contributed by atoms with van der Waals surface area (Å²) in [5.41, 5.74) is 1.12. The predicted molar refractivity (Wildman–Crippen MR) is 124 cm³/mol. The Morgan fingerprint density at radius 1 is 0.969 bits per heavy atom. The van der Waals surface area contributed by atoms with Crippen molar-refractivity contribution in [1.82, 2.24) is 4.57 Å². The molecular weight excluding hydrogens is 474 g/mol. The fourth-order valence-corrected chi connectivity index (χ4v) is 5.39. The molecule has 0 unspecified atom stereocenters. The van der Waals surface area contributed by atoms with E-state index in [0.29, 0.717) is 21.5 Å². The van der Waals surface area contributed by atoms with Crippen LogP contribution in [0.1, 0.15) is 5.56 Å². The topological polar surface area (TPSA) is 68.2 Å². The third kappa shape index (κ3) is 4.80. The van der Waals surface area contributed by atoms with Crippen LogP contribution in [0.25, 0.3) is 10.9 Å². The number of fused-ring (bicyclic) bond motifs is 1. The predicted octanol–water partition coefficient (Wildman–Crippen LogP) is 5.70. The van der Waals surface area contributed by atoms with Crippen molar-refractivity contribution in [2.75, 3.05) is 5.32 Å². The van der Waals surface area contributed by atoms with Crippen LogP contribution in [0.15, 0.2) is 77.8 Å². The number of nitrogens with one attached hydrogen (secondary N) is 1. The molecule has 1 aromatic heterocycles. The largest absolute Gasteiger partial charge is 0.337 e. The minimum absolute atomic E-state index is 0.00957. The molecule has 32 heavy (non-hydrogen) atoms. The van der Waals surface area contributed by atoms with Crippen molar-refractivity contribution in [1.29, 1.82) is 0 Å². The number of benzene rings is 3. The van der Waals surface area contributed by atoms with Crippen LogP contribution in [0, 0.1) is 5.82 Å². The van der Waals surface area contributed by atoms with E-state index in [2.05, 4.69) is 5.32 Å². The molecule has 164 valence electrons. The van der Waals surface area contributed by atoms with E-state index < -0.39 is 21.6 Å². The molecule has 1 amide bonds. The van der Waals surface area contributed by atoms with E-state index in [1.54, 1.807) is 48.5 Å². The van der Waals surface area contributed by atoms with Gasteiger partial charge in [0.2, 0.25) is 5.91 Å². The highest BCUT2D eigenvalue weighted by Crippen LogP contribution is 2.29. The summed E-state index contributed by atoms with van der Waals surface area (Å²) in [5.74, 6) is -1.40. The van der Waals surface area contributed by atoms with Crippen molar-refractivity contribution >= 4 is 55.5 Å². The zero-order valence-electron chi connectivity index (χ0n) is 16.6. The summed E-state index contributed by atoms with van der Waals surface area (Å²) < 4.78 is 41.9. The number of halogens is 3. The molecule has 0 saturated carbocycles. The lowest BCUT2D eigenvalue weighted by molar-refractivity contribution is -0.116. The van der Waals surface area contributed by atoms with Gasteiger partial charge < -0.3 is 9.88 Å². The van der Waals surface area contributed by atoms with Crippen molar-refractivity contribution < 1.29 is 17.6 Å². The van der Waals surface area contributed by atoms with Crippen LogP contribution < -0.4 is 5.32 Å². The Hall–Kier alpha value is -2.87. The van der Waals surface area contributed by atoms with Gasteiger partial charge in [-0.2, -0.15) is 0 Å². The van der Waals surface area contributed by atoms with Crippen molar-refractivity contribution in [3.63, 3.8) is 0 Å². The van der Waals surface area contributed by atoms with E-state index >= 15 is 0 Å². The van der Waals surface area contributed by atoms with Gasteiger partial charge in [0.25, 0.3) is 0 Å². The number of amides is 1. The minimum Gasteiger partial charge on any atom is -0.337 e. The number of carbonyl (C=O) groups is 1. The number of sulfone groups is 1. The van der Waals surface area contributed by atoms with Gasteiger partial charge >= 0.3 is 0 Å². The molecule has 0 bridgehead atoms. The van der Waals surface area contributed by atoms with E-state index in [4.69, 9.17) is 23.2 Å². The summed E-state index contributed by atoms with van der Waals surface area (Å²) >= 11 is 11.7. The van der Waals surface area contributed by atoms with Gasteiger partial charge in [0.05, 0.1) is 16.3 Å². The van der Waals surface area contributed by atoms with Crippen LogP contribution in [0.5, 0.6) is 0 Å². The Bertz CT molecular complexity index is 1430. The zero-order valence-corrected chi connectivity index (χ0v) is 18.9. The summed E-state index contributed by atoms with van der Waals surface area (Å²) in [4.78, 5) is 12.7. The first-order chi connectivity index (χ1) is 15.2. The number of anilines is 1. The highest BCUT2D eigenvalue weighted by Gasteiger charge is 2.22. The van der Waals surface area contributed by atoms with Crippen molar-refractivity contribution in [3.05, 3.63) is 94.4 Å². The Morgan fingerprint density at radius 3 is 2.47 bits per heavy atom. The molecule has 0 spiro atoms. The fraction of sp³-hybridized carbons (Fsp3) is 0.0870. The maximum atomic E-state index is 14.0. The summed E-state index contributed by atoms with van der Waals surface area (Å²) in [6.45, 7) is -0.199. The Balaban J connectivity index is 1.64. The van der Waals surface area contributed by atoms with Gasteiger partial charge in [0.1, 0.15) is 12.4 Å². The molecule has 0 atom stereocenters. The van der Waals surface area contributed by atoms with E-state index in [0.717, 1.165) is 6.07 Å². The van der Waals surface area contributed by atoms with E-state index in [9.17, 15) is 17.6 Å². The lowest BCUT2D eigenvalue weighted by atomic mass is 10.2. The van der Waals surface area contributed by atoms with Gasteiger partial charge in [-0.1, -0.05) is 53.5 Å².